The van der Waals surface area contributed by atoms with E-state index in [1.54, 1.807) is 6.07 Å². The highest BCUT2D eigenvalue weighted by Gasteiger charge is 2.33. The van der Waals surface area contributed by atoms with Crippen molar-refractivity contribution in [3.8, 4) is 0 Å². The van der Waals surface area contributed by atoms with Gasteiger partial charge in [0.2, 0.25) is 5.91 Å². The number of carbonyl (C=O) groups excluding carboxylic acids is 1. The Bertz CT molecular complexity index is 800. The van der Waals surface area contributed by atoms with Crippen LogP contribution in [0, 0.1) is 5.82 Å². The van der Waals surface area contributed by atoms with Gasteiger partial charge in [-0.15, -0.1) is 0 Å². The van der Waals surface area contributed by atoms with E-state index in [1.807, 2.05) is 35.4 Å². The Hall–Kier alpha value is -2.10. The molecule has 0 spiro atoms. The van der Waals surface area contributed by atoms with E-state index in [-0.39, 0.29) is 17.8 Å². The molecule has 1 amide bonds. The van der Waals surface area contributed by atoms with Crippen LogP contribution in [0.5, 0.6) is 0 Å². The van der Waals surface area contributed by atoms with Gasteiger partial charge in [-0.2, -0.15) is 0 Å². The van der Waals surface area contributed by atoms with Crippen LogP contribution in [0.3, 0.4) is 0 Å². The highest BCUT2D eigenvalue weighted by Crippen LogP contribution is 2.34. The van der Waals surface area contributed by atoms with Crippen molar-refractivity contribution in [2.75, 3.05) is 6.54 Å². The SMILES string of the molecule is CCCCCCCCCCCCCC(=O)N1CCn2cccc2C1c1ccccc1F. The Morgan fingerprint density at radius 1 is 0.871 bits per heavy atom. The standard InChI is InChI=1S/C27H39FN2O/c1-2-3-4-5-6-7-8-9-10-11-12-19-26(31)30-22-21-29-20-15-18-25(29)27(30)23-16-13-14-17-24(23)28/h13-18,20,27H,2-12,19,21-22H2,1H3. The molecular weight excluding hydrogens is 387 g/mol. The quantitative estimate of drug-likeness (QED) is 0.309. The Labute approximate surface area is 187 Å². The first-order chi connectivity index (χ1) is 15.2. The molecule has 1 atom stereocenters. The van der Waals surface area contributed by atoms with E-state index in [9.17, 15) is 9.18 Å². The maximum absolute atomic E-state index is 14.6. The minimum absolute atomic E-state index is 0.150. The lowest BCUT2D eigenvalue weighted by molar-refractivity contribution is -0.134. The number of unbranched alkanes of at least 4 members (excludes halogenated alkanes) is 10. The number of amides is 1. The van der Waals surface area contributed by atoms with Crippen molar-refractivity contribution in [3.05, 3.63) is 59.7 Å². The van der Waals surface area contributed by atoms with Gasteiger partial charge in [0.25, 0.3) is 0 Å². The summed E-state index contributed by atoms with van der Waals surface area (Å²) in [5.74, 6) is -0.0914. The second-order valence-electron chi connectivity index (χ2n) is 8.92. The molecule has 0 fully saturated rings. The molecule has 0 N–H and O–H groups in total. The average molecular weight is 427 g/mol. The van der Waals surface area contributed by atoms with Crippen LogP contribution in [0.25, 0.3) is 0 Å². The fourth-order valence-corrected chi connectivity index (χ4v) is 4.76. The Balaban J connectivity index is 1.44. The predicted molar refractivity (Wildman–Crippen MR) is 125 cm³/mol. The zero-order chi connectivity index (χ0) is 21.9. The molecule has 2 heterocycles. The lowest BCUT2D eigenvalue weighted by atomic mass is 9.98. The van der Waals surface area contributed by atoms with E-state index in [0.717, 1.165) is 25.1 Å². The Morgan fingerprint density at radius 2 is 1.52 bits per heavy atom. The third-order valence-electron chi connectivity index (χ3n) is 6.55. The van der Waals surface area contributed by atoms with Crippen LogP contribution >= 0.6 is 0 Å². The molecular formula is C27H39FN2O. The summed E-state index contributed by atoms with van der Waals surface area (Å²) in [4.78, 5) is 15.0. The van der Waals surface area contributed by atoms with Crippen LogP contribution in [-0.4, -0.2) is 21.9 Å². The van der Waals surface area contributed by atoms with E-state index in [2.05, 4.69) is 11.5 Å². The summed E-state index contributed by atoms with van der Waals surface area (Å²) in [5, 5.41) is 0. The molecule has 3 rings (SSSR count). The van der Waals surface area contributed by atoms with Crippen molar-refractivity contribution in [1.29, 1.82) is 0 Å². The van der Waals surface area contributed by atoms with Crippen LogP contribution in [-0.2, 0) is 11.3 Å². The predicted octanol–water partition coefficient (Wildman–Crippen LogP) is 7.26. The van der Waals surface area contributed by atoms with Gasteiger partial charge in [0.1, 0.15) is 11.9 Å². The smallest absolute Gasteiger partial charge is 0.223 e. The molecule has 2 aromatic rings. The molecule has 31 heavy (non-hydrogen) atoms. The number of hydrogen-bond donors (Lipinski definition) is 0. The summed E-state index contributed by atoms with van der Waals surface area (Å²) in [6, 6.07) is 10.5. The molecule has 0 aliphatic carbocycles. The van der Waals surface area contributed by atoms with Gasteiger partial charge in [0.05, 0.1) is 0 Å². The van der Waals surface area contributed by atoms with E-state index in [0.29, 0.717) is 18.5 Å². The third-order valence-corrected chi connectivity index (χ3v) is 6.55. The van der Waals surface area contributed by atoms with Crippen molar-refractivity contribution >= 4 is 5.91 Å². The Kier molecular flexibility index (Phi) is 9.64. The summed E-state index contributed by atoms with van der Waals surface area (Å²) >= 11 is 0. The second-order valence-corrected chi connectivity index (χ2v) is 8.92. The summed E-state index contributed by atoms with van der Waals surface area (Å²) in [7, 11) is 0. The number of nitrogens with zero attached hydrogens (tertiary/aromatic N) is 2. The lowest BCUT2D eigenvalue weighted by Crippen LogP contribution is -2.42. The van der Waals surface area contributed by atoms with Crippen LogP contribution in [0.1, 0.15) is 101 Å². The molecule has 1 aliphatic rings. The van der Waals surface area contributed by atoms with E-state index >= 15 is 0 Å². The van der Waals surface area contributed by atoms with Crippen molar-refractivity contribution in [2.45, 2.75) is 96.6 Å². The van der Waals surface area contributed by atoms with Crippen LogP contribution < -0.4 is 0 Å². The first kappa shape index (κ1) is 23.6. The van der Waals surface area contributed by atoms with Gasteiger partial charge in [-0.3, -0.25) is 4.79 Å². The number of rotatable bonds is 13. The van der Waals surface area contributed by atoms with Gasteiger partial charge in [0, 0.05) is 37.0 Å². The number of fused-ring (bicyclic) bond motifs is 1. The normalized spacial score (nSPS) is 15.8. The lowest BCUT2D eigenvalue weighted by Gasteiger charge is -2.37. The van der Waals surface area contributed by atoms with Gasteiger partial charge in [0.15, 0.2) is 0 Å². The molecule has 4 heteroatoms. The molecule has 1 aliphatic heterocycles. The van der Waals surface area contributed by atoms with E-state index < -0.39 is 0 Å². The first-order valence-corrected chi connectivity index (χ1v) is 12.4. The van der Waals surface area contributed by atoms with Crippen LogP contribution in [0.4, 0.5) is 4.39 Å². The van der Waals surface area contributed by atoms with Crippen LogP contribution in [0.15, 0.2) is 42.6 Å². The molecule has 0 saturated heterocycles. The summed E-state index contributed by atoms with van der Waals surface area (Å²) in [6.07, 6.45) is 16.6. The summed E-state index contributed by atoms with van der Waals surface area (Å²) in [5.41, 5.74) is 1.60. The highest BCUT2D eigenvalue weighted by molar-refractivity contribution is 5.77. The summed E-state index contributed by atoms with van der Waals surface area (Å²) in [6.45, 7) is 3.67. The minimum atomic E-state index is -0.329. The number of halogens is 1. The van der Waals surface area contributed by atoms with E-state index in [1.165, 1.54) is 63.9 Å². The number of carbonyl (C=O) groups is 1. The zero-order valence-corrected chi connectivity index (χ0v) is 19.2. The maximum atomic E-state index is 14.6. The van der Waals surface area contributed by atoms with Gasteiger partial charge in [-0.1, -0.05) is 89.3 Å². The molecule has 1 aromatic carbocycles. The first-order valence-electron chi connectivity index (χ1n) is 12.4. The molecule has 0 saturated carbocycles. The largest absolute Gasteiger partial charge is 0.348 e. The number of benzene rings is 1. The molecule has 170 valence electrons. The third kappa shape index (κ3) is 6.69. The fraction of sp³-hybridized carbons (Fsp3) is 0.593. The Morgan fingerprint density at radius 3 is 2.19 bits per heavy atom. The summed E-state index contributed by atoms with van der Waals surface area (Å²) < 4.78 is 16.7. The maximum Gasteiger partial charge on any atom is 0.223 e. The van der Waals surface area contributed by atoms with Gasteiger partial charge < -0.3 is 9.47 Å². The van der Waals surface area contributed by atoms with Crippen molar-refractivity contribution in [2.24, 2.45) is 0 Å². The fourth-order valence-electron chi connectivity index (χ4n) is 4.76. The van der Waals surface area contributed by atoms with Crippen molar-refractivity contribution in [1.82, 2.24) is 9.47 Å². The molecule has 1 aromatic heterocycles. The van der Waals surface area contributed by atoms with Gasteiger partial charge in [-0.25, -0.2) is 4.39 Å². The van der Waals surface area contributed by atoms with Crippen molar-refractivity contribution < 1.29 is 9.18 Å². The second kappa shape index (κ2) is 12.7. The van der Waals surface area contributed by atoms with Gasteiger partial charge in [-0.05, 0) is 24.6 Å². The molecule has 1 unspecified atom stereocenters. The number of hydrogen-bond acceptors (Lipinski definition) is 1. The van der Waals surface area contributed by atoms with E-state index in [4.69, 9.17) is 0 Å². The van der Waals surface area contributed by atoms with Crippen LogP contribution in [0.2, 0.25) is 0 Å². The zero-order valence-electron chi connectivity index (χ0n) is 19.2. The molecule has 3 nitrogen and oxygen atoms in total. The minimum Gasteiger partial charge on any atom is -0.348 e. The van der Waals surface area contributed by atoms with Crippen molar-refractivity contribution in [3.63, 3.8) is 0 Å². The monoisotopic (exact) mass is 426 g/mol. The average Bonchev–Trinajstić information content (AvgIpc) is 3.26. The van der Waals surface area contributed by atoms with Gasteiger partial charge >= 0.3 is 0 Å². The molecule has 0 bridgehead atoms. The number of aromatic nitrogens is 1. The topological polar surface area (TPSA) is 25.2 Å². The highest BCUT2D eigenvalue weighted by atomic mass is 19.1. The molecule has 0 radical (unpaired) electrons.